The Bertz CT molecular complexity index is 976. The molecule has 2 aromatic carbocycles. The molecule has 31 heavy (non-hydrogen) atoms. The first-order valence-corrected chi connectivity index (χ1v) is 11.5. The Morgan fingerprint density at radius 2 is 1.65 bits per heavy atom. The summed E-state index contributed by atoms with van der Waals surface area (Å²) in [5.74, 6) is 1.37. The zero-order valence-corrected chi connectivity index (χ0v) is 19.4. The molecule has 0 aliphatic carbocycles. The maximum absolute atomic E-state index is 12.7. The van der Waals surface area contributed by atoms with Gasteiger partial charge in [0.2, 0.25) is 15.9 Å². The van der Waals surface area contributed by atoms with Gasteiger partial charge in [0.15, 0.2) is 11.5 Å². The second-order valence-electron chi connectivity index (χ2n) is 6.80. The van der Waals surface area contributed by atoms with Gasteiger partial charge in [-0.2, -0.15) is 4.31 Å². The molecule has 2 rings (SSSR count). The smallest absolute Gasteiger partial charge is 0.243 e. The van der Waals surface area contributed by atoms with Gasteiger partial charge in [-0.05, 0) is 62.7 Å². The lowest BCUT2D eigenvalue weighted by Gasteiger charge is -2.20. The number of methoxy groups -OCH3 is 1. The fourth-order valence-electron chi connectivity index (χ4n) is 2.92. The van der Waals surface area contributed by atoms with Crippen LogP contribution in [0.3, 0.4) is 0 Å². The number of ether oxygens (including phenoxy) is 3. The van der Waals surface area contributed by atoms with Gasteiger partial charge in [0.25, 0.3) is 0 Å². The van der Waals surface area contributed by atoms with Crippen LogP contribution in [0.4, 0.5) is 0 Å². The Hall–Kier alpha value is -2.78. The van der Waals surface area contributed by atoms with Gasteiger partial charge in [-0.1, -0.05) is 6.07 Å². The number of benzene rings is 2. The molecule has 1 atom stereocenters. The van der Waals surface area contributed by atoms with Gasteiger partial charge in [-0.25, -0.2) is 8.42 Å². The summed E-state index contributed by atoms with van der Waals surface area (Å²) in [7, 11) is -0.933. The number of nitrogens with one attached hydrogen (secondary N) is 1. The van der Waals surface area contributed by atoms with Crippen LogP contribution in [0.5, 0.6) is 17.2 Å². The van der Waals surface area contributed by atoms with E-state index in [-0.39, 0.29) is 17.5 Å². The topological polar surface area (TPSA) is 94.2 Å². The van der Waals surface area contributed by atoms with Gasteiger partial charge in [0.1, 0.15) is 5.75 Å². The van der Waals surface area contributed by atoms with Crippen LogP contribution in [0.2, 0.25) is 0 Å². The number of carbonyl (C=O) groups is 1. The van der Waals surface area contributed by atoms with E-state index in [1.54, 1.807) is 18.2 Å². The maximum atomic E-state index is 12.7. The van der Waals surface area contributed by atoms with Crippen molar-refractivity contribution in [3.05, 3.63) is 48.0 Å². The van der Waals surface area contributed by atoms with Gasteiger partial charge in [0.05, 0.1) is 37.8 Å². The molecule has 0 bridgehead atoms. The van der Waals surface area contributed by atoms with Crippen LogP contribution in [0, 0.1) is 0 Å². The standard InChI is InChI=1S/C22H30N2O6S/c1-6-29-20-13-8-17(14-21(20)30-7-2)16(3)23-22(25)15-24(4)31(26,27)19-11-9-18(28-5)10-12-19/h8-14,16H,6-7,15H2,1-5H3,(H,23,25). The molecular formula is C22H30N2O6S. The van der Waals surface area contributed by atoms with E-state index in [1.165, 1.54) is 26.3 Å². The SMILES string of the molecule is CCOc1ccc(C(C)NC(=O)CN(C)S(=O)(=O)c2ccc(OC)cc2)cc1OCC. The molecule has 0 spiro atoms. The first-order chi connectivity index (χ1) is 14.7. The molecule has 9 heteroatoms. The van der Waals surface area contributed by atoms with E-state index >= 15 is 0 Å². The van der Waals surface area contributed by atoms with E-state index in [2.05, 4.69) is 5.32 Å². The van der Waals surface area contributed by atoms with Crippen LogP contribution in [-0.4, -0.2) is 52.5 Å². The van der Waals surface area contributed by atoms with Crippen molar-refractivity contribution in [3.8, 4) is 17.2 Å². The molecule has 1 unspecified atom stereocenters. The number of likely N-dealkylation sites (N-methyl/N-ethyl adjacent to an activating group) is 1. The summed E-state index contributed by atoms with van der Waals surface area (Å²) in [4.78, 5) is 12.6. The van der Waals surface area contributed by atoms with Crippen molar-refractivity contribution in [1.82, 2.24) is 9.62 Å². The number of carbonyl (C=O) groups excluding carboxylic acids is 1. The highest BCUT2D eigenvalue weighted by atomic mass is 32.2. The van der Waals surface area contributed by atoms with Gasteiger partial charge < -0.3 is 19.5 Å². The largest absolute Gasteiger partial charge is 0.497 e. The molecule has 170 valence electrons. The molecule has 8 nitrogen and oxygen atoms in total. The van der Waals surface area contributed by atoms with Crippen molar-refractivity contribution in [3.63, 3.8) is 0 Å². The predicted octanol–water partition coefficient (Wildman–Crippen LogP) is 2.99. The molecule has 2 aromatic rings. The van der Waals surface area contributed by atoms with Crippen molar-refractivity contribution < 1.29 is 27.4 Å². The Balaban J connectivity index is 2.06. The van der Waals surface area contributed by atoms with E-state index in [9.17, 15) is 13.2 Å². The lowest BCUT2D eigenvalue weighted by Crippen LogP contribution is -2.39. The average Bonchev–Trinajstić information content (AvgIpc) is 2.75. The summed E-state index contributed by atoms with van der Waals surface area (Å²) in [5, 5.41) is 2.83. The van der Waals surface area contributed by atoms with E-state index in [4.69, 9.17) is 14.2 Å². The average molecular weight is 451 g/mol. The summed E-state index contributed by atoms with van der Waals surface area (Å²) in [6, 6.07) is 11.1. The van der Waals surface area contributed by atoms with Crippen molar-refractivity contribution in [2.75, 3.05) is 33.9 Å². The highest BCUT2D eigenvalue weighted by molar-refractivity contribution is 7.89. The van der Waals surface area contributed by atoms with Crippen LogP contribution in [-0.2, 0) is 14.8 Å². The minimum atomic E-state index is -3.81. The molecule has 0 aliphatic heterocycles. The first kappa shape index (κ1) is 24.5. The zero-order chi connectivity index (χ0) is 23.0. The maximum Gasteiger partial charge on any atom is 0.243 e. The van der Waals surface area contributed by atoms with E-state index in [0.717, 1.165) is 9.87 Å². The molecule has 0 radical (unpaired) electrons. The van der Waals surface area contributed by atoms with Crippen LogP contribution < -0.4 is 19.5 Å². The van der Waals surface area contributed by atoms with Crippen LogP contribution >= 0.6 is 0 Å². The molecule has 1 N–H and O–H groups in total. The van der Waals surface area contributed by atoms with E-state index in [1.807, 2.05) is 32.9 Å². The molecule has 0 fully saturated rings. The highest BCUT2D eigenvalue weighted by Crippen LogP contribution is 2.30. The zero-order valence-electron chi connectivity index (χ0n) is 18.5. The Labute approximate surface area is 184 Å². The van der Waals surface area contributed by atoms with Crippen molar-refractivity contribution in [1.29, 1.82) is 0 Å². The molecule has 0 heterocycles. The van der Waals surface area contributed by atoms with Gasteiger partial charge in [-0.15, -0.1) is 0 Å². The van der Waals surface area contributed by atoms with Crippen LogP contribution in [0.15, 0.2) is 47.4 Å². The fraction of sp³-hybridized carbons (Fsp3) is 0.409. The van der Waals surface area contributed by atoms with Crippen molar-refractivity contribution in [2.24, 2.45) is 0 Å². The Kier molecular flexibility index (Phi) is 8.70. The fourth-order valence-corrected chi connectivity index (χ4v) is 4.05. The molecular weight excluding hydrogens is 420 g/mol. The monoisotopic (exact) mass is 450 g/mol. The molecule has 0 aliphatic rings. The summed E-state index contributed by atoms with van der Waals surface area (Å²) < 4.78 is 42.7. The van der Waals surface area contributed by atoms with E-state index < -0.39 is 15.9 Å². The number of nitrogens with zero attached hydrogens (tertiary/aromatic N) is 1. The van der Waals surface area contributed by atoms with Crippen LogP contribution in [0.25, 0.3) is 0 Å². The number of hydrogen-bond acceptors (Lipinski definition) is 6. The lowest BCUT2D eigenvalue weighted by molar-refractivity contribution is -0.121. The molecule has 0 aromatic heterocycles. The first-order valence-electron chi connectivity index (χ1n) is 10.0. The quantitative estimate of drug-likeness (QED) is 0.566. The summed E-state index contributed by atoms with van der Waals surface area (Å²) in [6.45, 7) is 6.28. The summed E-state index contributed by atoms with van der Waals surface area (Å²) in [6.07, 6.45) is 0. The minimum Gasteiger partial charge on any atom is -0.497 e. The predicted molar refractivity (Wildman–Crippen MR) is 118 cm³/mol. The van der Waals surface area contributed by atoms with E-state index in [0.29, 0.717) is 30.5 Å². The second kappa shape index (κ2) is 11.0. The second-order valence-corrected chi connectivity index (χ2v) is 8.84. The Morgan fingerprint density at radius 3 is 2.23 bits per heavy atom. The number of rotatable bonds is 11. The number of hydrogen-bond donors (Lipinski definition) is 1. The normalized spacial score (nSPS) is 12.3. The molecule has 0 saturated carbocycles. The minimum absolute atomic E-state index is 0.0875. The van der Waals surface area contributed by atoms with Crippen molar-refractivity contribution in [2.45, 2.75) is 31.7 Å². The third-order valence-electron chi connectivity index (χ3n) is 4.58. The molecule has 1 amide bonds. The van der Waals surface area contributed by atoms with Crippen LogP contribution in [0.1, 0.15) is 32.4 Å². The third kappa shape index (κ3) is 6.35. The van der Waals surface area contributed by atoms with Crippen molar-refractivity contribution >= 4 is 15.9 Å². The number of amides is 1. The van der Waals surface area contributed by atoms with Gasteiger partial charge in [-0.3, -0.25) is 4.79 Å². The third-order valence-corrected chi connectivity index (χ3v) is 6.40. The Morgan fingerprint density at radius 1 is 1.03 bits per heavy atom. The summed E-state index contributed by atoms with van der Waals surface area (Å²) >= 11 is 0. The van der Waals surface area contributed by atoms with Gasteiger partial charge >= 0.3 is 0 Å². The lowest BCUT2D eigenvalue weighted by atomic mass is 10.1. The summed E-state index contributed by atoms with van der Waals surface area (Å²) in [5.41, 5.74) is 0.820. The highest BCUT2D eigenvalue weighted by Gasteiger charge is 2.24. The number of sulfonamides is 1. The van der Waals surface area contributed by atoms with Gasteiger partial charge in [0, 0.05) is 7.05 Å². The molecule has 0 saturated heterocycles.